The number of imide groups is 1. The van der Waals surface area contributed by atoms with Crippen molar-refractivity contribution in [3.63, 3.8) is 0 Å². The highest BCUT2D eigenvalue weighted by atomic mass is 32.2. The van der Waals surface area contributed by atoms with Gasteiger partial charge >= 0.3 is 0 Å². The minimum absolute atomic E-state index is 0.237. The van der Waals surface area contributed by atoms with Crippen LogP contribution in [0, 0.1) is 6.92 Å². The number of hydrogen-bond donors (Lipinski definition) is 0. The molecule has 2 aromatic carbocycles. The lowest BCUT2D eigenvalue weighted by molar-refractivity contribution is -0.123. The summed E-state index contributed by atoms with van der Waals surface area (Å²) in [6, 6.07) is 21.6. The molecule has 1 aliphatic rings. The van der Waals surface area contributed by atoms with Crippen molar-refractivity contribution in [2.75, 3.05) is 0 Å². The monoisotopic (exact) mass is 421 g/mol. The Kier molecular flexibility index (Phi) is 5.83. The highest BCUT2D eigenvalue weighted by Crippen LogP contribution is 2.35. The lowest BCUT2D eigenvalue weighted by Gasteiger charge is -2.12. The van der Waals surface area contributed by atoms with Crippen LogP contribution in [0.5, 0.6) is 5.06 Å². The molecule has 0 atom stereocenters. The topological polar surface area (TPSA) is 46.6 Å². The van der Waals surface area contributed by atoms with Crippen molar-refractivity contribution in [1.29, 1.82) is 0 Å². The molecule has 1 aromatic heterocycles. The van der Waals surface area contributed by atoms with Crippen molar-refractivity contribution in [2.45, 2.75) is 20.1 Å². The van der Waals surface area contributed by atoms with Crippen molar-refractivity contribution >= 4 is 40.3 Å². The van der Waals surface area contributed by atoms with Crippen LogP contribution in [0.4, 0.5) is 4.79 Å². The third-order valence-electron chi connectivity index (χ3n) is 4.43. The fourth-order valence-electron chi connectivity index (χ4n) is 2.86. The van der Waals surface area contributed by atoms with Gasteiger partial charge in [0, 0.05) is 4.88 Å². The Balaban J connectivity index is 1.42. The van der Waals surface area contributed by atoms with Gasteiger partial charge in [-0.05, 0) is 48.0 Å². The van der Waals surface area contributed by atoms with Crippen molar-refractivity contribution in [1.82, 2.24) is 4.90 Å². The SMILES string of the molecule is Cc1ccc(CN2C(=O)S/C(=C\c3ccc(OCc4ccccc4)s3)C2=O)cc1. The Hall–Kier alpha value is -2.83. The van der Waals surface area contributed by atoms with Crippen molar-refractivity contribution in [2.24, 2.45) is 0 Å². The molecule has 0 aliphatic carbocycles. The van der Waals surface area contributed by atoms with Gasteiger partial charge in [-0.15, -0.1) is 0 Å². The average molecular weight is 422 g/mol. The van der Waals surface area contributed by atoms with Gasteiger partial charge in [-0.25, -0.2) is 0 Å². The van der Waals surface area contributed by atoms with Gasteiger partial charge in [0.05, 0.1) is 11.4 Å². The van der Waals surface area contributed by atoms with Crippen LogP contribution < -0.4 is 4.74 Å². The standard InChI is InChI=1S/C23H19NO3S2/c1-16-7-9-17(10-8-16)14-24-22(25)20(29-23(24)26)13-19-11-12-21(28-19)27-15-18-5-3-2-4-6-18/h2-13H,14-15H2,1H3/b20-13-. The Bertz CT molecular complexity index is 1060. The van der Waals surface area contributed by atoms with Crippen LogP contribution in [-0.4, -0.2) is 16.0 Å². The van der Waals surface area contributed by atoms with Crippen LogP contribution in [0.3, 0.4) is 0 Å². The number of carbonyl (C=O) groups excluding carboxylic acids is 2. The van der Waals surface area contributed by atoms with Gasteiger partial charge in [0.2, 0.25) is 0 Å². The van der Waals surface area contributed by atoms with E-state index in [1.54, 1.807) is 6.08 Å². The predicted octanol–water partition coefficient (Wildman–Crippen LogP) is 5.87. The van der Waals surface area contributed by atoms with Crippen molar-refractivity contribution in [3.05, 3.63) is 93.2 Å². The number of nitrogens with zero attached hydrogens (tertiary/aromatic N) is 1. The smallest absolute Gasteiger partial charge is 0.293 e. The number of rotatable bonds is 6. The van der Waals surface area contributed by atoms with Gasteiger partial charge in [0.25, 0.3) is 11.1 Å². The van der Waals surface area contributed by atoms with Crippen LogP contribution >= 0.6 is 23.1 Å². The summed E-state index contributed by atoms with van der Waals surface area (Å²) in [6.45, 7) is 2.79. The first-order valence-corrected chi connectivity index (χ1v) is 10.8. The molecule has 1 fully saturated rings. The second-order valence-electron chi connectivity index (χ2n) is 6.68. The van der Waals surface area contributed by atoms with Gasteiger partial charge in [0.15, 0.2) is 5.06 Å². The van der Waals surface area contributed by atoms with Crippen molar-refractivity contribution in [3.8, 4) is 5.06 Å². The van der Waals surface area contributed by atoms with Gasteiger partial charge in [0.1, 0.15) is 6.61 Å². The molecule has 4 rings (SSSR count). The fourth-order valence-corrected chi connectivity index (χ4v) is 4.56. The summed E-state index contributed by atoms with van der Waals surface area (Å²) < 4.78 is 5.82. The zero-order chi connectivity index (χ0) is 20.2. The molecule has 4 nitrogen and oxygen atoms in total. The predicted molar refractivity (Wildman–Crippen MR) is 118 cm³/mol. The first-order valence-electron chi connectivity index (χ1n) is 9.16. The normalized spacial score (nSPS) is 15.3. The molecule has 3 aromatic rings. The highest BCUT2D eigenvalue weighted by molar-refractivity contribution is 8.18. The summed E-state index contributed by atoms with van der Waals surface area (Å²) in [5, 5.41) is 0.540. The van der Waals surface area contributed by atoms with E-state index >= 15 is 0 Å². The summed E-state index contributed by atoms with van der Waals surface area (Å²) in [7, 11) is 0. The molecule has 29 heavy (non-hydrogen) atoms. The molecule has 2 heterocycles. The largest absolute Gasteiger partial charge is 0.479 e. The Morgan fingerprint density at radius 2 is 1.69 bits per heavy atom. The second-order valence-corrected chi connectivity index (χ2v) is 8.76. The summed E-state index contributed by atoms with van der Waals surface area (Å²) >= 11 is 2.44. The Morgan fingerprint density at radius 3 is 2.45 bits per heavy atom. The van der Waals surface area contributed by atoms with Gasteiger partial charge < -0.3 is 4.74 Å². The first kappa shape index (κ1) is 19.5. The molecule has 146 valence electrons. The molecule has 6 heteroatoms. The third-order valence-corrected chi connectivity index (χ3v) is 6.29. The number of benzene rings is 2. The lowest BCUT2D eigenvalue weighted by atomic mass is 10.1. The first-order chi connectivity index (χ1) is 14.1. The maximum Gasteiger partial charge on any atom is 0.293 e. The highest BCUT2D eigenvalue weighted by Gasteiger charge is 2.35. The van der Waals surface area contributed by atoms with E-state index in [9.17, 15) is 9.59 Å². The molecule has 0 spiro atoms. The molecule has 0 radical (unpaired) electrons. The number of amides is 2. The summed E-state index contributed by atoms with van der Waals surface area (Å²) in [5.41, 5.74) is 3.18. The minimum atomic E-state index is -0.249. The molecule has 0 bridgehead atoms. The van der Waals surface area contributed by atoms with Gasteiger partial charge in [-0.2, -0.15) is 0 Å². The van der Waals surface area contributed by atoms with Crippen LogP contribution in [0.25, 0.3) is 6.08 Å². The number of ether oxygens (including phenoxy) is 1. The third kappa shape index (κ3) is 4.78. The van der Waals surface area contributed by atoms with E-state index in [-0.39, 0.29) is 17.7 Å². The molecule has 0 N–H and O–H groups in total. The van der Waals surface area contributed by atoms with E-state index in [0.717, 1.165) is 38.4 Å². The molecular weight excluding hydrogens is 402 g/mol. The number of hydrogen-bond acceptors (Lipinski definition) is 5. The fraction of sp³-hybridized carbons (Fsp3) is 0.130. The molecular formula is C23H19NO3S2. The van der Waals surface area contributed by atoms with Crippen LogP contribution in [-0.2, 0) is 17.9 Å². The maximum absolute atomic E-state index is 12.7. The van der Waals surface area contributed by atoms with Crippen LogP contribution in [0.1, 0.15) is 21.6 Å². The second kappa shape index (κ2) is 8.68. The van der Waals surface area contributed by atoms with Gasteiger partial charge in [-0.1, -0.05) is 71.5 Å². The molecule has 0 saturated carbocycles. The average Bonchev–Trinajstić information content (AvgIpc) is 3.28. The molecule has 2 amide bonds. The minimum Gasteiger partial charge on any atom is -0.479 e. The maximum atomic E-state index is 12.7. The van der Waals surface area contributed by atoms with E-state index in [1.807, 2.05) is 73.7 Å². The Labute approximate surface area is 177 Å². The summed E-state index contributed by atoms with van der Waals surface area (Å²) in [5.74, 6) is -0.249. The molecule has 1 aliphatic heterocycles. The number of carbonyl (C=O) groups is 2. The number of thiophene rings is 1. The van der Waals surface area contributed by atoms with Crippen molar-refractivity contribution < 1.29 is 14.3 Å². The Morgan fingerprint density at radius 1 is 0.931 bits per heavy atom. The summed E-state index contributed by atoms with van der Waals surface area (Å²) in [4.78, 5) is 27.6. The van der Waals surface area contributed by atoms with E-state index < -0.39 is 0 Å². The van der Waals surface area contributed by atoms with E-state index in [0.29, 0.717) is 11.5 Å². The quantitative estimate of drug-likeness (QED) is 0.467. The van der Waals surface area contributed by atoms with Gasteiger partial charge in [-0.3, -0.25) is 14.5 Å². The zero-order valence-electron chi connectivity index (χ0n) is 15.8. The van der Waals surface area contributed by atoms with E-state index in [4.69, 9.17) is 4.74 Å². The van der Waals surface area contributed by atoms with E-state index in [2.05, 4.69) is 0 Å². The molecule has 0 unspecified atom stereocenters. The van der Waals surface area contributed by atoms with E-state index in [1.165, 1.54) is 16.2 Å². The summed E-state index contributed by atoms with van der Waals surface area (Å²) in [6.07, 6.45) is 1.76. The molecule has 1 saturated heterocycles. The lowest BCUT2D eigenvalue weighted by Crippen LogP contribution is -2.27. The zero-order valence-corrected chi connectivity index (χ0v) is 17.5. The van der Waals surface area contributed by atoms with Crippen LogP contribution in [0.2, 0.25) is 0 Å². The number of thioether (sulfide) groups is 1. The number of aryl methyl sites for hydroxylation is 1. The van der Waals surface area contributed by atoms with Crippen LogP contribution in [0.15, 0.2) is 71.6 Å².